The maximum Gasteiger partial charge on any atom is 0.116 e. The topological polar surface area (TPSA) is 25.8 Å². The van der Waals surface area contributed by atoms with Crippen LogP contribution >= 0.6 is 0 Å². The van der Waals surface area contributed by atoms with Crippen molar-refractivity contribution in [3.63, 3.8) is 0 Å². The first-order valence-corrected chi connectivity index (χ1v) is 2.95. The van der Waals surface area contributed by atoms with E-state index in [4.69, 9.17) is 0 Å². The van der Waals surface area contributed by atoms with Crippen LogP contribution in [0.2, 0.25) is 0 Å². The average Bonchev–Trinajstić information content (AvgIpc) is 2.05. The summed E-state index contributed by atoms with van der Waals surface area (Å²) in [5.41, 5.74) is 0.817. The molecule has 0 unspecified atom stereocenters. The van der Waals surface area contributed by atoms with Crippen LogP contribution in [0.4, 0.5) is 0 Å². The third-order valence-electron chi connectivity index (χ3n) is 1.28. The Labute approximate surface area is 58.6 Å². The predicted octanol–water partition coefficient (Wildman–Crippen LogP) is 1.23. The lowest BCUT2D eigenvalue weighted by molar-refractivity contribution is 1.22. The lowest BCUT2D eigenvalue weighted by atomic mass is 10.2. The lowest BCUT2D eigenvalue weighted by Crippen LogP contribution is -1.78. The highest BCUT2D eigenvalue weighted by atomic mass is 14.8. The first-order valence-electron chi connectivity index (χ1n) is 2.95. The number of fused-ring (bicyclic) bond motifs is 1. The normalized spacial score (nSPS) is 10.0. The molecule has 0 amide bonds. The van der Waals surface area contributed by atoms with Crippen molar-refractivity contribution in [3.8, 4) is 0 Å². The van der Waals surface area contributed by atoms with E-state index in [-0.39, 0.29) is 0 Å². The Balaban J connectivity index is 2.89. The minimum atomic E-state index is 0.817. The van der Waals surface area contributed by atoms with Crippen molar-refractivity contribution in [1.82, 2.24) is 9.97 Å². The number of hydrogen-bond donors (Lipinski definition) is 0. The molecule has 1 heterocycles. The number of benzene rings is 1. The third-order valence-corrected chi connectivity index (χ3v) is 1.28. The Bertz CT molecular complexity index is 278. The Morgan fingerprint density at radius 3 is 3.30 bits per heavy atom. The molecule has 0 fully saturated rings. The molecule has 2 heteroatoms. The van der Waals surface area contributed by atoms with Gasteiger partial charge in [-0.1, -0.05) is 12.1 Å². The highest BCUT2D eigenvalue weighted by Gasteiger charge is 1.88. The predicted molar refractivity (Wildman–Crippen MR) is 37.2 cm³/mol. The smallest absolute Gasteiger partial charge is 0.116 e. The molecule has 0 aliphatic heterocycles. The molecule has 2 aromatic rings. The van der Waals surface area contributed by atoms with Crippen LogP contribution in [0.3, 0.4) is 0 Å². The molecular weight excluding hydrogens is 124 g/mol. The van der Waals surface area contributed by atoms with Gasteiger partial charge in [-0.25, -0.2) is 9.97 Å². The van der Waals surface area contributed by atoms with E-state index >= 15 is 0 Å². The second-order valence-electron chi connectivity index (χ2n) is 1.93. The van der Waals surface area contributed by atoms with Gasteiger partial charge in [0.25, 0.3) is 0 Å². The van der Waals surface area contributed by atoms with Gasteiger partial charge in [0.15, 0.2) is 0 Å². The van der Waals surface area contributed by atoms with Gasteiger partial charge < -0.3 is 0 Å². The lowest BCUT2D eigenvalue weighted by Gasteiger charge is -1.89. The van der Waals surface area contributed by atoms with E-state index in [2.05, 4.69) is 22.1 Å². The second-order valence-corrected chi connectivity index (χ2v) is 1.93. The summed E-state index contributed by atoms with van der Waals surface area (Å²) in [5.74, 6) is 0. The molecule has 2 nitrogen and oxygen atoms in total. The van der Waals surface area contributed by atoms with E-state index in [1.54, 1.807) is 12.3 Å². The van der Waals surface area contributed by atoms with Gasteiger partial charge in [0.05, 0.1) is 5.52 Å². The van der Waals surface area contributed by atoms with Gasteiger partial charge in [0, 0.05) is 17.6 Å². The molecular formula is C8H4N2. The average molecular weight is 128 g/mol. The molecule has 0 atom stereocenters. The van der Waals surface area contributed by atoms with Crippen molar-refractivity contribution in [2.24, 2.45) is 0 Å². The van der Waals surface area contributed by atoms with E-state index in [0.29, 0.717) is 0 Å². The first-order chi connectivity index (χ1) is 4.97. The van der Waals surface area contributed by atoms with Gasteiger partial charge in [-0.2, -0.15) is 0 Å². The van der Waals surface area contributed by atoms with Gasteiger partial charge in [0.2, 0.25) is 0 Å². The maximum absolute atomic E-state index is 3.98. The minimum absolute atomic E-state index is 0.817. The summed E-state index contributed by atoms with van der Waals surface area (Å²) in [6, 6.07) is 9.40. The van der Waals surface area contributed by atoms with Crippen LogP contribution in [0, 0.1) is 12.1 Å². The molecule has 0 aliphatic carbocycles. The highest BCUT2D eigenvalue weighted by Crippen LogP contribution is 2.05. The summed E-state index contributed by atoms with van der Waals surface area (Å²) < 4.78 is 0. The molecule has 2 radical (unpaired) electrons. The molecule has 1 aromatic heterocycles. The fraction of sp³-hybridized carbons (Fsp3) is 0. The Hall–Kier alpha value is -1.44. The summed E-state index contributed by atoms with van der Waals surface area (Å²) in [6.07, 6.45) is 3.26. The van der Waals surface area contributed by atoms with Gasteiger partial charge in [-0.15, -0.1) is 0 Å². The molecule has 0 bridgehead atoms. The largest absolute Gasteiger partial charge is 0.244 e. The van der Waals surface area contributed by atoms with Crippen molar-refractivity contribution < 1.29 is 0 Å². The van der Waals surface area contributed by atoms with Crippen LogP contribution in [0.1, 0.15) is 0 Å². The Morgan fingerprint density at radius 2 is 2.40 bits per heavy atom. The van der Waals surface area contributed by atoms with E-state index in [1.807, 2.05) is 6.07 Å². The summed E-state index contributed by atoms with van der Waals surface area (Å²) in [7, 11) is 0. The van der Waals surface area contributed by atoms with E-state index in [9.17, 15) is 0 Å². The Kier molecular flexibility index (Phi) is 1.10. The zero-order valence-corrected chi connectivity index (χ0v) is 5.20. The molecule has 2 rings (SSSR count). The first kappa shape index (κ1) is 5.35. The zero-order valence-electron chi connectivity index (χ0n) is 5.20. The SMILES string of the molecule is [c]1[c]c2ncncc2cc1. The summed E-state index contributed by atoms with van der Waals surface area (Å²) in [6.45, 7) is 0. The van der Waals surface area contributed by atoms with Crippen LogP contribution in [0.5, 0.6) is 0 Å². The highest BCUT2D eigenvalue weighted by molar-refractivity contribution is 5.75. The van der Waals surface area contributed by atoms with Crippen molar-refractivity contribution in [3.05, 3.63) is 36.8 Å². The van der Waals surface area contributed by atoms with Crippen molar-refractivity contribution in [1.29, 1.82) is 0 Å². The molecule has 0 spiro atoms. The molecule has 0 saturated carbocycles. The molecule has 0 aliphatic rings. The van der Waals surface area contributed by atoms with Gasteiger partial charge in [0.1, 0.15) is 6.33 Å². The van der Waals surface area contributed by atoms with E-state index in [1.165, 1.54) is 6.33 Å². The minimum Gasteiger partial charge on any atom is -0.244 e. The van der Waals surface area contributed by atoms with E-state index < -0.39 is 0 Å². The third kappa shape index (κ3) is 0.739. The Morgan fingerprint density at radius 1 is 1.40 bits per heavy atom. The monoisotopic (exact) mass is 128 g/mol. The van der Waals surface area contributed by atoms with Crippen LogP contribution < -0.4 is 0 Å². The molecule has 10 heavy (non-hydrogen) atoms. The fourth-order valence-corrected chi connectivity index (χ4v) is 0.808. The quantitative estimate of drug-likeness (QED) is 0.533. The van der Waals surface area contributed by atoms with Gasteiger partial charge >= 0.3 is 0 Å². The molecule has 0 saturated heterocycles. The summed E-state index contributed by atoms with van der Waals surface area (Å²) >= 11 is 0. The number of aromatic nitrogens is 2. The summed E-state index contributed by atoms with van der Waals surface area (Å²) in [4.78, 5) is 7.85. The van der Waals surface area contributed by atoms with Crippen LogP contribution in [-0.2, 0) is 0 Å². The van der Waals surface area contributed by atoms with Crippen LogP contribution in [-0.4, -0.2) is 9.97 Å². The molecule has 0 N–H and O–H groups in total. The van der Waals surface area contributed by atoms with Crippen LogP contribution in [0.25, 0.3) is 10.9 Å². The van der Waals surface area contributed by atoms with Gasteiger partial charge in [-0.3, -0.25) is 0 Å². The number of hydrogen-bond acceptors (Lipinski definition) is 2. The zero-order chi connectivity index (χ0) is 6.81. The number of nitrogens with zero attached hydrogens (tertiary/aromatic N) is 2. The molecule has 1 aromatic carbocycles. The summed E-state index contributed by atoms with van der Waals surface area (Å²) in [5, 5.41) is 1.00. The molecule has 46 valence electrons. The fourth-order valence-electron chi connectivity index (χ4n) is 0.808. The second kappa shape index (κ2) is 2.06. The van der Waals surface area contributed by atoms with E-state index in [0.717, 1.165) is 10.9 Å². The van der Waals surface area contributed by atoms with Gasteiger partial charge in [-0.05, 0) is 6.07 Å². The maximum atomic E-state index is 3.98. The van der Waals surface area contributed by atoms with Crippen molar-refractivity contribution in [2.75, 3.05) is 0 Å². The standard InChI is InChI=1S/C8H4N2/c1-2-4-8-7(3-1)5-9-6-10-8/h1,3,5-6H. The van der Waals surface area contributed by atoms with Crippen molar-refractivity contribution in [2.45, 2.75) is 0 Å². The van der Waals surface area contributed by atoms with Crippen LogP contribution in [0.15, 0.2) is 24.7 Å². The van der Waals surface area contributed by atoms with Crippen molar-refractivity contribution >= 4 is 10.9 Å². The number of rotatable bonds is 0.